The largest absolute Gasteiger partial charge is 0.390 e. The molecule has 1 saturated heterocycles. The van der Waals surface area contributed by atoms with Crippen molar-refractivity contribution in [2.75, 3.05) is 11.4 Å². The first-order valence-electron chi connectivity index (χ1n) is 5.99. The van der Waals surface area contributed by atoms with E-state index in [9.17, 15) is 0 Å². The summed E-state index contributed by atoms with van der Waals surface area (Å²) in [6.45, 7) is 3.27. The minimum Gasteiger partial charge on any atom is -0.390 e. The van der Waals surface area contributed by atoms with Gasteiger partial charge in [-0.15, -0.1) is 0 Å². The highest BCUT2D eigenvalue weighted by molar-refractivity contribution is 5.37. The first kappa shape index (κ1) is 11.3. The van der Waals surface area contributed by atoms with E-state index in [4.69, 9.17) is 5.11 Å². The summed E-state index contributed by atoms with van der Waals surface area (Å²) in [4.78, 5) is 10.9. The molecule has 4 heteroatoms. The minimum atomic E-state index is -0.0389. The second kappa shape index (κ2) is 5.25. The van der Waals surface area contributed by atoms with E-state index in [0.717, 1.165) is 12.4 Å². The number of hydrogen-bond donors (Lipinski definition) is 1. The van der Waals surface area contributed by atoms with Crippen molar-refractivity contribution in [3.05, 3.63) is 18.1 Å². The fourth-order valence-electron chi connectivity index (χ4n) is 2.19. The maximum atomic E-state index is 8.92. The average molecular weight is 221 g/mol. The summed E-state index contributed by atoms with van der Waals surface area (Å²) < 4.78 is 0. The molecule has 4 nitrogen and oxygen atoms in total. The van der Waals surface area contributed by atoms with E-state index in [-0.39, 0.29) is 6.61 Å². The molecule has 0 bridgehead atoms. The lowest BCUT2D eigenvalue weighted by Gasteiger charge is -2.27. The van der Waals surface area contributed by atoms with Gasteiger partial charge < -0.3 is 10.0 Å². The van der Waals surface area contributed by atoms with Crippen LogP contribution in [0.15, 0.2) is 12.4 Å². The van der Waals surface area contributed by atoms with Crippen molar-refractivity contribution >= 4 is 5.82 Å². The third-order valence-corrected chi connectivity index (χ3v) is 3.20. The van der Waals surface area contributed by atoms with Gasteiger partial charge in [-0.3, -0.25) is 4.98 Å². The summed E-state index contributed by atoms with van der Waals surface area (Å²) in [5, 5.41) is 8.92. The molecule has 2 rings (SSSR count). The van der Waals surface area contributed by atoms with E-state index in [1.54, 1.807) is 12.4 Å². The lowest BCUT2D eigenvalue weighted by atomic mass is 10.1. The van der Waals surface area contributed by atoms with Crippen LogP contribution in [-0.4, -0.2) is 27.7 Å². The van der Waals surface area contributed by atoms with Crippen LogP contribution in [0.5, 0.6) is 0 Å². The van der Waals surface area contributed by atoms with Gasteiger partial charge in [0.1, 0.15) is 5.82 Å². The van der Waals surface area contributed by atoms with Gasteiger partial charge in [-0.2, -0.15) is 0 Å². The third-order valence-electron chi connectivity index (χ3n) is 3.20. The van der Waals surface area contributed by atoms with Gasteiger partial charge in [0.05, 0.1) is 24.7 Å². The molecule has 0 aromatic carbocycles. The minimum absolute atomic E-state index is 0.0389. The quantitative estimate of drug-likeness (QED) is 0.826. The summed E-state index contributed by atoms with van der Waals surface area (Å²) in [7, 11) is 0. The molecule has 1 atom stereocenters. The first-order chi connectivity index (χ1) is 7.81. The molecular formula is C12H19N3O. The Labute approximate surface area is 96.3 Å². The molecule has 2 heterocycles. The van der Waals surface area contributed by atoms with Crippen LogP contribution in [0, 0.1) is 0 Å². The molecule has 0 aliphatic carbocycles. The van der Waals surface area contributed by atoms with Crippen molar-refractivity contribution in [2.24, 2.45) is 0 Å². The Bertz CT molecular complexity index is 326. The lowest BCUT2D eigenvalue weighted by Crippen LogP contribution is -2.33. The van der Waals surface area contributed by atoms with Crippen LogP contribution >= 0.6 is 0 Å². The Morgan fingerprint density at radius 3 is 2.88 bits per heavy atom. The Balaban J connectivity index is 2.14. The Hall–Kier alpha value is -1.16. The molecule has 1 fully saturated rings. The van der Waals surface area contributed by atoms with Crippen molar-refractivity contribution in [2.45, 2.75) is 45.3 Å². The number of aliphatic hydroxyl groups is 1. The van der Waals surface area contributed by atoms with Crippen molar-refractivity contribution in [3.8, 4) is 0 Å². The van der Waals surface area contributed by atoms with Gasteiger partial charge in [-0.1, -0.05) is 12.8 Å². The highest BCUT2D eigenvalue weighted by Gasteiger charge is 2.18. The molecule has 1 unspecified atom stereocenters. The fourth-order valence-corrected chi connectivity index (χ4v) is 2.19. The molecular weight excluding hydrogens is 202 g/mol. The number of hydrogen-bond acceptors (Lipinski definition) is 4. The lowest BCUT2D eigenvalue weighted by molar-refractivity contribution is 0.276. The van der Waals surface area contributed by atoms with Crippen LogP contribution in [0.1, 0.15) is 38.3 Å². The van der Waals surface area contributed by atoms with Crippen LogP contribution in [-0.2, 0) is 6.61 Å². The van der Waals surface area contributed by atoms with Crippen molar-refractivity contribution in [1.82, 2.24) is 9.97 Å². The van der Waals surface area contributed by atoms with Crippen LogP contribution in [0.3, 0.4) is 0 Å². The van der Waals surface area contributed by atoms with E-state index in [0.29, 0.717) is 11.7 Å². The SMILES string of the molecule is CC1CCCCCN1c1cnc(CO)cn1. The predicted molar refractivity (Wildman–Crippen MR) is 63.2 cm³/mol. The van der Waals surface area contributed by atoms with E-state index in [1.165, 1.54) is 25.7 Å². The van der Waals surface area contributed by atoms with Crippen LogP contribution in [0.2, 0.25) is 0 Å². The Morgan fingerprint density at radius 1 is 1.31 bits per heavy atom. The zero-order valence-corrected chi connectivity index (χ0v) is 9.76. The van der Waals surface area contributed by atoms with E-state index in [1.807, 2.05) is 0 Å². The second-order valence-electron chi connectivity index (χ2n) is 4.42. The molecule has 1 aromatic heterocycles. The maximum absolute atomic E-state index is 8.92. The van der Waals surface area contributed by atoms with E-state index >= 15 is 0 Å². The predicted octanol–water partition coefficient (Wildman–Crippen LogP) is 1.74. The molecule has 0 spiro atoms. The standard InChI is InChI=1S/C12H19N3O/c1-10-5-3-2-4-6-15(10)12-8-13-11(9-16)7-14-12/h7-8,10,16H,2-6,9H2,1H3. The number of aliphatic hydroxyl groups excluding tert-OH is 1. The number of anilines is 1. The summed E-state index contributed by atoms with van der Waals surface area (Å²) >= 11 is 0. The first-order valence-corrected chi connectivity index (χ1v) is 5.99. The van der Waals surface area contributed by atoms with E-state index < -0.39 is 0 Å². The molecule has 0 saturated carbocycles. The van der Waals surface area contributed by atoms with Gasteiger partial charge >= 0.3 is 0 Å². The second-order valence-corrected chi connectivity index (χ2v) is 4.42. The van der Waals surface area contributed by atoms with Gasteiger partial charge in [0, 0.05) is 12.6 Å². The number of rotatable bonds is 2. The van der Waals surface area contributed by atoms with Gasteiger partial charge in [0.2, 0.25) is 0 Å². The van der Waals surface area contributed by atoms with Crippen LogP contribution < -0.4 is 4.90 Å². The van der Waals surface area contributed by atoms with Crippen molar-refractivity contribution < 1.29 is 5.11 Å². The van der Waals surface area contributed by atoms with Crippen LogP contribution in [0.4, 0.5) is 5.82 Å². The number of nitrogens with zero attached hydrogens (tertiary/aromatic N) is 3. The number of aromatic nitrogens is 2. The van der Waals surface area contributed by atoms with Gasteiger partial charge in [0.25, 0.3) is 0 Å². The zero-order chi connectivity index (χ0) is 11.4. The highest BCUT2D eigenvalue weighted by atomic mass is 16.3. The van der Waals surface area contributed by atoms with Gasteiger partial charge in [-0.25, -0.2) is 4.98 Å². The molecule has 1 aliphatic heterocycles. The molecule has 88 valence electrons. The molecule has 1 aliphatic rings. The maximum Gasteiger partial charge on any atom is 0.147 e. The fraction of sp³-hybridized carbons (Fsp3) is 0.667. The summed E-state index contributed by atoms with van der Waals surface area (Å²) in [5.41, 5.74) is 0.631. The molecule has 1 aromatic rings. The van der Waals surface area contributed by atoms with Crippen LogP contribution in [0.25, 0.3) is 0 Å². The van der Waals surface area contributed by atoms with Gasteiger partial charge in [-0.05, 0) is 19.8 Å². The zero-order valence-electron chi connectivity index (χ0n) is 9.76. The molecule has 16 heavy (non-hydrogen) atoms. The molecule has 0 amide bonds. The smallest absolute Gasteiger partial charge is 0.147 e. The van der Waals surface area contributed by atoms with Crippen molar-refractivity contribution in [1.29, 1.82) is 0 Å². The Morgan fingerprint density at radius 2 is 2.19 bits per heavy atom. The average Bonchev–Trinajstić information content (AvgIpc) is 2.54. The molecule has 1 N–H and O–H groups in total. The summed E-state index contributed by atoms with van der Waals surface area (Å²) in [6, 6.07) is 0.539. The monoisotopic (exact) mass is 221 g/mol. The summed E-state index contributed by atoms with van der Waals surface area (Å²) in [5.74, 6) is 0.937. The topological polar surface area (TPSA) is 49.2 Å². The third kappa shape index (κ3) is 2.50. The summed E-state index contributed by atoms with van der Waals surface area (Å²) in [6.07, 6.45) is 8.50. The molecule has 0 radical (unpaired) electrons. The van der Waals surface area contributed by atoms with Crippen molar-refractivity contribution in [3.63, 3.8) is 0 Å². The highest BCUT2D eigenvalue weighted by Crippen LogP contribution is 2.21. The normalized spacial score (nSPS) is 21.9. The van der Waals surface area contributed by atoms with Gasteiger partial charge in [0.15, 0.2) is 0 Å². The Kier molecular flexibility index (Phi) is 3.72. The van der Waals surface area contributed by atoms with E-state index in [2.05, 4.69) is 21.8 Å².